The van der Waals surface area contributed by atoms with Crippen LogP contribution in [0.1, 0.15) is 36.0 Å². The van der Waals surface area contributed by atoms with Crippen molar-refractivity contribution in [1.29, 1.82) is 0 Å². The molecule has 0 atom stereocenters. The van der Waals surface area contributed by atoms with E-state index in [1.54, 1.807) is 0 Å². The predicted octanol–water partition coefficient (Wildman–Crippen LogP) is 3.19. The van der Waals surface area contributed by atoms with E-state index in [4.69, 9.17) is 23.2 Å². The zero-order valence-electron chi connectivity index (χ0n) is 10.6. The van der Waals surface area contributed by atoms with Crippen LogP contribution in [0.2, 0.25) is 10.3 Å². The molecule has 1 aliphatic carbocycles. The van der Waals surface area contributed by atoms with Gasteiger partial charge in [0.25, 0.3) is 5.91 Å². The van der Waals surface area contributed by atoms with Crippen molar-refractivity contribution < 1.29 is 4.79 Å². The molecule has 0 radical (unpaired) electrons. The molecular formula is C12H15Cl2N3OS. The van der Waals surface area contributed by atoms with Gasteiger partial charge in [0.15, 0.2) is 10.3 Å². The lowest BCUT2D eigenvalue weighted by Crippen LogP contribution is -2.38. The second-order valence-corrected chi connectivity index (χ2v) is 6.67. The molecule has 1 amide bonds. The Balaban J connectivity index is 2.03. The molecule has 0 bridgehead atoms. The minimum atomic E-state index is -0.248. The van der Waals surface area contributed by atoms with E-state index in [1.165, 1.54) is 18.9 Å². The summed E-state index contributed by atoms with van der Waals surface area (Å²) in [6.07, 6.45) is 6.81. The zero-order chi connectivity index (χ0) is 13.9. The summed E-state index contributed by atoms with van der Waals surface area (Å²) in [7, 11) is 0. The number of thioether (sulfide) groups is 1. The number of amides is 1. The fraction of sp³-hybridized carbons (Fsp3) is 0.583. The van der Waals surface area contributed by atoms with Crippen LogP contribution in [0.15, 0.2) is 6.07 Å². The molecule has 4 nitrogen and oxygen atoms in total. The van der Waals surface area contributed by atoms with Gasteiger partial charge in [-0.3, -0.25) is 4.79 Å². The van der Waals surface area contributed by atoms with Gasteiger partial charge in [-0.2, -0.15) is 11.8 Å². The lowest BCUT2D eigenvalue weighted by molar-refractivity contribution is 0.0949. The van der Waals surface area contributed by atoms with E-state index in [0.717, 1.165) is 12.8 Å². The fourth-order valence-corrected chi connectivity index (χ4v) is 3.56. The number of hydrogen-bond donors (Lipinski definition) is 1. The van der Waals surface area contributed by atoms with Crippen molar-refractivity contribution in [2.24, 2.45) is 0 Å². The summed E-state index contributed by atoms with van der Waals surface area (Å²) in [5.41, 5.74) is 0.274. The lowest BCUT2D eigenvalue weighted by atomic mass is 10.1. The van der Waals surface area contributed by atoms with E-state index in [0.29, 0.717) is 6.54 Å². The van der Waals surface area contributed by atoms with Crippen LogP contribution >= 0.6 is 35.0 Å². The van der Waals surface area contributed by atoms with Gasteiger partial charge in [-0.15, -0.1) is 10.2 Å². The first kappa shape index (κ1) is 14.9. The average molecular weight is 320 g/mol. The van der Waals surface area contributed by atoms with Gasteiger partial charge in [-0.05, 0) is 25.2 Å². The highest BCUT2D eigenvalue weighted by molar-refractivity contribution is 8.00. The van der Waals surface area contributed by atoms with Crippen LogP contribution in [0.3, 0.4) is 0 Å². The van der Waals surface area contributed by atoms with Gasteiger partial charge >= 0.3 is 0 Å². The number of carbonyl (C=O) groups is 1. The minimum absolute atomic E-state index is 0.0755. The Hall–Kier alpha value is -0.520. The first-order valence-corrected chi connectivity index (χ1v) is 8.06. The first-order chi connectivity index (χ1) is 9.06. The Bertz CT molecular complexity index is 478. The zero-order valence-corrected chi connectivity index (χ0v) is 12.9. The van der Waals surface area contributed by atoms with E-state index >= 15 is 0 Å². The van der Waals surface area contributed by atoms with E-state index in [9.17, 15) is 4.79 Å². The van der Waals surface area contributed by atoms with Gasteiger partial charge in [-0.1, -0.05) is 36.0 Å². The number of aromatic nitrogens is 2. The van der Waals surface area contributed by atoms with Gasteiger partial charge in [0.2, 0.25) is 0 Å². The normalized spacial score (nSPS) is 17.4. The molecule has 1 heterocycles. The minimum Gasteiger partial charge on any atom is -0.351 e. The highest BCUT2D eigenvalue weighted by Crippen LogP contribution is 2.39. The smallest absolute Gasteiger partial charge is 0.254 e. The Kier molecular flexibility index (Phi) is 4.92. The maximum Gasteiger partial charge on any atom is 0.254 e. The number of nitrogens with zero attached hydrogens (tertiary/aromatic N) is 2. The van der Waals surface area contributed by atoms with Crippen LogP contribution in [0, 0.1) is 0 Å². The molecule has 1 aliphatic rings. The Labute approximate surface area is 126 Å². The molecule has 0 aromatic carbocycles. The lowest BCUT2D eigenvalue weighted by Gasteiger charge is -2.26. The first-order valence-electron chi connectivity index (χ1n) is 6.08. The average Bonchev–Trinajstić information content (AvgIpc) is 2.88. The monoisotopic (exact) mass is 319 g/mol. The van der Waals surface area contributed by atoms with E-state index in [-0.39, 0.29) is 26.5 Å². The summed E-state index contributed by atoms with van der Waals surface area (Å²) in [5.74, 6) is -0.248. The number of rotatable bonds is 4. The molecule has 0 saturated heterocycles. The van der Waals surface area contributed by atoms with E-state index in [2.05, 4.69) is 21.8 Å². The van der Waals surface area contributed by atoms with Crippen LogP contribution in [-0.4, -0.2) is 33.7 Å². The van der Waals surface area contributed by atoms with Crippen LogP contribution in [-0.2, 0) is 0 Å². The highest BCUT2D eigenvalue weighted by Gasteiger charge is 2.33. The molecule has 1 aromatic heterocycles. The third kappa shape index (κ3) is 3.52. The van der Waals surface area contributed by atoms with Crippen molar-refractivity contribution in [1.82, 2.24) is 15.5 Å². The van der Waals surface area contributed by atoms with Crippen LogP contribution in [0.25, 0.3) is 0 Å². The number of nitrogens with one attached hydrogen (secondary N) is 1. The van der Waals surface area contributed by atoms with Crippen molar-refractivity contribution in [2.75, 3.05) is 12.8 Å². The molecule has 1 aromatic rings. The van der Waals surface area contributed by atoms with Crippen LogP contribution in [0.5, 0.6) is 0 Å². The Morgan fingerprint density at radius 2 is 2.11 bits per heavy atom. The van der Waals surface area contributed by atoms with Gasteiger partial charge in [-0.25, -0.2) is 0 Å². The fourth-order valence-electron chi connectivity index (χ4n) is 2.32. The van der Waals surface area contributed by atoms with E-state index in [1.807, 2.05) is 11.8 Å². The summed E-state index contributed by atoms with van der Waals surface area (Å²) < 4.78 is 0.159. The van der Waals surface area contributed by atoms with Crippen molar-refractivity contribution >= 4 is 40.9 Å². The molecular weight excluding hydrogens is 305 g/mol. The molecule has 0 aliphatic heterocycles. The summed E-state index contributed by atoms with van der Waals surface area (Å²) in [6, 6.07) is 1.44. The molecule has 1 N–H and O–H groups in total. The van der Waals surface area contributed by atoms with Gasteiger partial charge < -0.3 is 5.32 Å². The molecule has 0 unspecified atom stereocenters. The summed E-state index contributed by atoms with van der Waals surface area (Å²) >= 11 is 13.4. The SMILES string of the molecule is CSC1(CNC(=O)c2cc(Cl)nnc2Cl)CCCC1. The van der Waals surface area contributed by atoms with E-state index < -0.39 is 0 Å². The van der Waals surface area contributed by atoms with Crippen LogP contribution in [0.4, 0.5) is 0 Å². The quantitative estimate of drug-likeness (QED) is 0.926. The van der Waals surface area contributed by atoms with Gasteiger partial charge in [0.05, 0.1) is 5.56 Å². The third-order valence-corrected chi connectivity index (χ3v) is 5.37. The van der Waals surface area contributed by atoms with Crippen molar-refractivity contribution in [2.45, 2.75) is 30.4 Å². The standard InChI is InChI=1S/C12H15Cl2N3OS/c1-19-12(4-2-3-5-12)7-15-11(18)8-6-9(13)16-17-10(8)14/h6H,2-5,7H2,1H3,(H,15,18). The third-order valence-electron chi connectivity index (χ3n) is 3.48. The number of halogens is 2. The molecule has 104 valence electrons. The maximum absolute atomic E-state index is 12.1. The summed E-state index contributed by atoms with van der Waals surface area (Å²) in [6.45, 7) is 0.642. The van der Waals surface area contributed by atoms with Gasteiger partial charge in [0, 0.05) is 11.3 Å². The number of hydrogen-bond acceptors (Lipinski definition) is 4. The van der Waals surface area contributed by atoms with Crippen LogP contribution < -0.4 is 5.32 Å². The largest absolute Gasteiger partial charge is 0.351 e. The second kappa shape index (κ2) is 6.29. The molecule has 1 saturated carbocycles. The van der Waals surface area contributed by atoms with Crippen molar-refractivity contribution in [3.05, 3.63) is 21.9 Å². The molecule has 0 spiro atoms. The van der Waals surface area contributed by atoms with Crippen molar-refractivity contribution in [3.63, 3.8) is 0 Å². The maximum atomic E-state index is 12.1. The molecule has 2 rings (SSSR count). The predicted molar refractivity (Wildman–Crippen MR) is 79.1 cm³/mol. The summed E-state index contributed by atoms with van der Waals surface area (Å²) in [5, 5.41) is 10.4. The highest BCUT2D eigenvalue weighted by atomic mass is 35.5. The molecule has 7 heteroatoms. The van der Waals surface area contributed by atoms with Crippen molar-refractivity contribution in [3.8, 4) is 0 Å². The topological polar surface area (TPSA) is 54.9 Å². The second-order valence-electron chi connectivity index (χ2n) is 4.65. The molecule has 1 fully saturated rings. The Morgan fingerprint density at radius 3 is 2.74 bits per heavy atom. The Morgan fingerprint density at radius 1 is 1.42 bits per heavy atom. The summed E-state index contributed by atoms with van der Waals surface area (Å²) in [4.78, 5) is 12.1. The molecule has 19 heavy (non-hydrogen) atoms. The van der Waals surface area contributed by atoms with Gasteiger partial charge in [0.1, 0.15) is 0 Å². The number of carbonyl (C=O) groups excluding carboxylic acids is 1.